The van der Waals surface area contributed by atoms with E-state index in [1.165, 1.54) is 0 Å². The lowest BCUT2D eigenvalue weighted by molar-refractivity contribution is -0.849. The van der Waals surface area contributed by atoms with Crippen LogP contribution in [0.25, 0.3) is 0 Å². The molecule has 0 rings (SSSR count). The fourth-order valence-corrected chi connectivity index (χ4v) is 0. The largest absolute Gasteiger partial charge is 0.769 e. The number of hydrogen-bond acceptors (Lipinski definition) is 1. The molecular formula is C4H14ClNO2. The predicted octanol–water partition coefficient (Wildman–Crippen LogP) is -1.00. The molecule has 3 nitrogen and oxygen atoms in total. The molecule has 0 saturated carbocycles. The van der Waals surface area contributed by atoms with Crippen molar-refractivity contribution in [1.29, 1.82) is 0 Å². The van der Waals surface area contributed by atoms with Gasteiger partial charge in [-0.15, -0.1) is 0 Å². The van der Waals surface area contributed by atoms with Gasteiger partial charge in [-0.25, -0.2) is 11.9 Å². The van der Waals surface area contributed by atoms with Crippen LogP contribution < -0.4 is 4.66 Å². The summed E-state index contributed by atoms with van der Waals surface area (Å²) < 4.78 is 8.72. The normalized spacial score (nSPS) is 8.25. The molecule has 0 spiro atoms. The molecule has 0 saturated heterocycles. The van der Waals surface area contributed by atoms with Gasteiger partial charge in [-0.3, -0.25) is 0 Å². The smallest absolute Gasteiger partial charge is 0.0675 e. The van der Waals surface area contributed by atoms with E-state index in [4.69, 9.17) is 4.66 Å². The van der Waals surface area contributed by atoms with Crippen molar-refractivity contribution in [2.45, 2.75) is 0 Å². The summed E-state index contributed by atoms with van der Waals surface area (Å²) in [6, 6.07) is 0. The maximum absolute atomic E-state index is 7.72. The summed E-state index contributed by atoms with van der Waals surface area (Å²) >= 11 is 3.39. The van der Waals surface area contributed by atoms with Crippen LogP contribution in [-0.4, -0.2) is 38.1 Å². The van der Waals surface area contributed by atoms with E-state index in [9.17, 15) is 0 Å². The second kappa shape index (κ2) is 7.17. The monoisotopic (exact) mass is 143 g/mol. The first-order valence-corrected chi connectivity index (χ1v) is 2.25. The Hall–Kier alpha value is 0.170. The third kappa shape index (κ3) is 5710. The minimum Gasteiger partial charge on any atom is -0.769 e. The van der Waals surface area contributed by atoms with Gasteiger partial charge in [-0.05, 0) is 0 Å². The van der Waals surface area contributed by atoms with E-state index in [0.717, 1.165) is 4.48 Å². The molecule has 0 aliphatic carbocycles. The van der Waals surface area contributed by atoms with E-state index in [0.29, 0.717) is 0 Å². The summed E-state index contributed by atoms with van der Waals surface area (Å²) in [5.74, 6) is 0. The van der Waals surface area contributed by atoms with Crippen LogP contribution in [0.2, 0.25) is 0 Å². The molecule has 8 heavy (non-hydrogen) atoms. The van der Waals surface area contributed by atoms with Crippen molar-refractivity contribution in [2.24, 2.45) is 0 Å². The molecule has 0 bridgehead atoms. The standard InChI is InChI=1S/C4H12N.ClO.H2O/c1-5(2,3)4;1-2;/h1-4H3;;1H2/q+1;-1;. The Morgan fingerprint density at radius 3 is 1.00 bits per heavy atom. The van der Waals surface area contributed by atoms with Gasteiger partial charge in [0.2, 0.25) is 0 Å². The van der Waals surface area contributed by atoms with E-state index in [1.807, 2.05) is 0 Å². The fourth-order valence-electron chi connectivity index (χ4n) is 0. The third-order valence-electron chi connectivity index (χ3n) is 0. The highest BCUT2D eigenvalue weighted by Gasteiger charge is 1.88. The van der Waals surface area contributed by atoms with Crippen molar-refractivity contribution >= 4 is 11.9 Å². The summed E-state index contributed by atoms with van der Waals surface area (Å²) in [5, 5.41) is 0. The summed E-state index contributed by atoms with van der Waals surface area (Å²) in [6.45, 7) is 0. The number of halogens is 1. The average molecular weight is 144 g/mol. The van der Waals surface area contributed by atoms with Crippen LogP contribution >= 0.6 is 11.9 Å². The van der Waals surface area contributed by atoms with Crippen LogP contribution in [0.5, 0.6) is 0 Å². The van der Waals surface area contributed by atoms with Crippen LogP contribution in [0.15, 0.2) is 0 Å². The summed E-state index contributed by atoms with van der Waals surface area (Å²) in [4.78, 5) is 0. The van der Waals surface area contributed by atoms with Gasteiger partial charge in [0.1, 0.15) is 0 Å². The fraction of sp³-hybridized carbons (Fsp3) is 1.00. The first kappa shape index (κ1) is 15.7. The van der Waals surface area contributed by atoms with Gasteiger partial charge in [0, 0.05) is 0 Å². The molecule has 0 aliphatic heterocycles. The SMILES string of the molecule is C[N+](C)(C)C.O.[O-]Cl. The van der Waals surface area contributed by atoms with E-state index < -0.39 is 0 Å². The first-order chi connectivity index (χ1) is 3.00. The van der Waals surface area contributed by atoms with E-state index in [-0.39, 0.29) is 5.48 Å². The molecule has 2 N–H and O–H groups in total. The second-order valence-corrected chi connectivity index (χ2v) is 2.68. The molecule has 0 aromatic carbocycles. The van der Waals surface area contributed by atoms with Crippen molar-refractivity contribution in [3.05, 3.63) is 0 Å². The molecule has 0 atom stereocenters. The molecule has 0 radical (unpaired) electrons. The van der Waals surface area contributed by atoms with Crippen LogP contribution in [0, 0.1) is 0 Å². The Bertz CT molecular complexity index is 29.5. The molecule has 0 unspecified atom stereocenters. The Morgan fingerprint density at radius 1 is 1.00 bits per heavy atom. The van der Waals surface area contributed by atoms with Crippen LogP contribution in [-0.2, 0) is 0 Å². The van der Waals surface area contributed by atoms with Crippen LogP contribution in [0.3, 0.4) is 0 Å². The molecule has 54 valence electrons. The molecule has 0 fully saturated rings. The van der Waals surface area contributed by atoms with Crippen molar-refractivity contribution in [3.8, 4) is 0 Å². The van der Waals surface area contributed by atoms with Gasteiger partial charge in [0.25, 0.3) is 0 Å². The topological polar surface area (TPSA) is 54.6 Å². The lowest BCUT2D eigenvalue weighted by atomic mass is 10.8. The highest BCUT2D eigenvalue weighted by Crippen LogP contribution is 1.73. The lowest BCUT2D eigenvalue weighted by Gasteiger charge is -2.14. The Morgan fingerprint density at radius 2 is 1.00 bits per heavy atom. The zero-order valence-electron chi connectivity index (χ0n) is 5.73. The third-order valence-corrected chi connectivity index (χ3v) is 0. The van der Waals surface area contributed by atoms with Gasteiger partial charge < -0.3 is 14.6 Å². The summed E-state index contributed by atoms with van der Waals surface area (Å²) in [7, 11) is 8.50. The molecule has 0 aliphatic rings. The molecule has 0 heterocycles. The molecule has 4 heteroatoms. The second-order valence-electron chi connectivity index (χ2n) is 2.68. The van der Waals surface area contributed by atoms with Gasteiger partial charge in [-0.1, -0.05) is 0 Å². The lowest BCUT2D eigenvalue weighted by Crippen LogP contribution is -2.27. The zero-order valence-corrected chi connectivity index (χ0v) is 6.49. The van der Waals surface area contributed by atoms with Crippen molar-refractivity contribution in [2.75, 3.05) is 28.2 Å². The average Bonchev–Trinajstić information content (AvgIpc) is 1.36. The van der Waals surface area contributed by atoms with Crippen molar-refractivity contribution < 1.29 is 14.6 Å². The number of rotatable bonds is 0. The predicted molar refractivity (Wildman–Crippen MR) is 33.4 cm³/mol. The number of nitrogens with zero attached hydrogens (tertiary/aromatic N) is 1. The van der Waals surface area contributed by atoms with Gasteiger partial charge in [0.15, 0.2) is 0 Å². The summed E-state index contributed by atoms with van der Waals surface area (Å²) in [6.07, 6.45) is 0. The Balaban J connectivity index is -0.0000000750. The summed E-state index contributed by atoms with van der Waals surface area (Å²) in [5.41, 5.74) is 0. The van der Waals surface area contributed by atoms with Gasteiger partial charge in [0.05, 0.1) is 28.2 Å². The minimum atomic E-state index is 0. The van der Waals surface area contributed by atoms with Crippen LogP contribution in [0.4, 0.5) is 0 Å². The van der Waals surface area contributed by atoms with Gasteiger partial charge >= 0.3 is 0 Å². The molecule has 0 aromatic heterocycles. The maximum Gasteiger partial charge on any atom is 0.0675 e. The molecular weight excluding hydrogens is 130 g/mol. The number of hydrogen-bond donors (Lipinski definition) is 0. The van der Waals surface area contributed by atoms with Crippen molar-refractivity contribution in [1.82, 2.24) is 0 Å². The van der Waals surface area contributed by atoms with Crippen molar-refractivity contribution in [3.63, 3.8) is 0 Å². The zero-order chi connectivity index (χ0) is 6.50. The minimum absolute atomic E-state index is 0. The molecule has 0 amide bonds. The molecule has 0 aromatic rings. The quantitative estimate of drug-likeness (QED) is 0.402. The highest BCUT2D eigenvalue weighted by atomic mass is 35.5. The first-order valence-electron chi connectivity index (χ1n) is 1.94. The van der Waals surface area contributed by atoms with E-state index in [2.05, 4.69) is 40.1 Å². The van der Waals surface area contributed by atoms with Gasteiger partial charge in [-0.2, -0.15) is 0 Å². The van der Waals surface area contributed by atoms with E-state index >= 15 is 0 Å². The van der Waals surface area contributed by atoms with Crippen LogP contribution in [0.1, 0.15) is 0 Å². The highest BCUT2D eigenvalue weighted by molar-refractivity contribution is 6.02. The maximum atomic E-state index is 7.72. The Labute approximate surface area is 55.6 Å². The van der Waals surface area contributed by atoms with E-state index in [1.54, 1.807) is 0 Å². The number of quaternary nitrogens is 1. The Kier molecular flexibility index (Phi) is 14.1.